The molecule has 5 amide bonds. The summed E-state index contributed by atoms with van der Waals surface area (Å²) in [5.74, 6) is -3.63. The number of likely N-dealkylation sites (tertiary alicyclic amines) is 1. The lowest BCUT2D eigenvalue weighted by atomic mass is 9.81. The summed E-state index contributed by atoms with van der Waals surface area (Å²) >= 11 is 0. The number of ketones is 1. The molecule has 0 radical (unpaired) electrons. The van der Waals surface area contributed by atoms with Crippen LogP contribution in [0.3, 0.4) is 0 Å². The Hall–Kier alpha value is -4.68. The second-order valence-corrected chi connectivity index (χ2v) is 15.6. The molecule has 3 aliphatic rings. The summed E-state index contributed by atoms with van der Waals surface area (Å²) in [6.07, 6.45) is 15.2. The predicted molar refractivity (Wildman–Crippen MR) is 207 cm³/mol. The second-order valence-electron chi connectivity index (χ2n) is 15.6. The molecule has 1 aliphatic heterocycles. The van der Waals surface area contributed by atoms with Crippen molar-refractivity contribution >= 4 is 35.3 Å². The van der Waals surface area contributed by atoms with Crippen molar-refractivity contribution in [1.82, 2.24) is 36.1 Å². The number of nitrogens with one attached hydrogen (secondary N) is 4. The monoisotopic (exact) mass is 757 g/mol. The average molecular weight is 758 g/mol. The third-order valence-electron chi connectivity index (χ3n) is 11.9. The minimum absolute atomic E-state index is 0.104. The molecule has 0 spiro atoms. The highest BCUT2D eigenvalue weighted by molar-refractivity contribution is 6.38. The summed E-state index contributed by atoms with van der Waals surface area (Å²) in [6.45, 7) is 5.98. The number of carbonyl (C=O) groups is 6. The molecule has 5 rings (SSSR count). The van der Waals surface area contributed by atoms with Crippen LogP contribution in [-0.2, 0) is 24.0 Å². The number of nitrogens with zero attached hydrogens (tertiary/aromatic N) is 3. The van der Waals surface area contributed by atoms with Gasteiger partial charge >= 0.3 is 0 Å². The van der Waals surface area contributed by atoms with Gasteiger partial charge in [0.05, 0.1) is 18.3 Å². The zero-order chi connectivity index (χ0) is 39.3. The summed E-state index contributed by atoms with van der Waals surface area (Å²) < 4.78 is 0. The number of benzene rings is 1. The Kier molecular flexibility index (Phi) is 15.3. The minimum Gasteiger partial charge on any atom is -0.344 e. The lowest BCUT2D eigenvalue weighted by Crippen LogP contribution is -2.61. The number of hydrogen-bond acceptors (Lipinski definition) is 8. The van der Waals surface area contributed by atoms with E-state index < -0.39 is 59.6 Å². The Morgan fingerprint density at radius 3 is 2.04 bits per heavy atom. The Bertz CT molecular complexity index is 1610. The predicted octanol–water partition coefficient (Wildman–Crippen LogP) is 4.58. The Balaban J connectivity index is 1.35. The van der Waals surface area contributed by atoms with Gasteiger partial charge in [-0.1, -0.05) is 95.5 Å². The van der Waals surface area contributed by atoms with E-state index in [2.05, 4.69) is 31.2 Å². The van der Waals surface area contributed by atoms with Crippen molar-refractivity contribution in [1.29, 1.82) is 0 Å². The van der Waals surface area contributed by atoms with Crippen molar-refractivity contribution in [2.24, 2.45) is 17.8 Å². The Morgan fingerprint density at radius 2 is 1.44 bits per heavy atom. The molecule has 2 aromatic rings. The topological polar surface area (TPSA) is 180 Å². The van der Waals surface area contributed by atoms with Crippen LogP contribution in [0.15, 0.2) is 48.9 Å². The van der Waals surface area contributed by atoms with Crippen molar-refractivity contribution in [3.63, 3.8) is 0 Å². The summed E-state index contributed by atoms with van der Waals surface area (Å²) in [5.41, 5.74) is 0.957. The van der Waals surface area contributed by atoms with Crippen LogP contribution in [0.4, 0.5) is 0 Å². The minimum atomic E-state index is -1.06. The molecule has 55 heavy (non-hydrogen) atoms. The Morgan fingerprint density at radius 1 is 0.782 bits per heavy atom. The summed E-state index contributed by atoms with van der Waals surface area (Å²) in [7, 11) is 0. The molecule has 2 aliphatic carbocycles. The van der Waals surface area contributed by atoms with Gasteiger partial charge in [0.15, 0.2) is 0 Å². The SMILES string of the molecule is CCCC(NC(=O)[C@@H]1[C@@H](CC)CCN1C(=O)[C@@H](NC(=O)[C@@H](NC(=O)c1cnccn1)C1CCCCC1)C1CCCCC1)C(=O)C(=O)N[C@@H](C)c1ccccc1. The molecule has 4 N–H and O–H groups in total. The number of carbonyl (C=O) groups excluding carboxylic acids is 6. The smallest absolute Gasteiger partial charge is 0.290 e. The largest absolute Gasteiger partial charge is 0.344 e. The van der Waals surface area contributed by atoms with Crippen LogP contribution in [0.25, 0.3) is 0 Å². The highest BCUT2D eigenvalue weighted by Gasteiger charge is 2.46. The van der Waals surface area contributed by atoms with E-state index in [-0.39, 0.29) is 35.8 Å². The van der Waals surface area contributed by atoms with Gasteiger partial charge in [-0.3, -0.25) is 33.8 Å². The zero-order valence-corrected chi connectivity index (χ0v) is 32.6. The van der Waals surface area contributed by atoms with Crippen LogP contribution in [-0.4, -0.2) is 80.9 Å². The number of Topliss-reactive ketones (excluding diaryl/α,β-unsaturated/α-hetero) is 1. The van der Waals surface area contributed by atoms with Gasteiger partial charge in [0.2, 0.25) is 23.5 Å². The molecule has 6 atom stereocenters. The van der Waals surface area contributed by atoms with Crippen LogP contribution >= 0.6 is 0 Å². The maximum atomic E-state index is 14.8. The van der Waals surface area contributed by atoms with Crippen molar-refractivity contribution in [2.45, 2.75) is 141 Å². The molecule has 2 heterocycles. The molecular weight excluding hydrogens is 699 g/mol. The van der Waals surface area contributed by atoms with E-state index in [1.165, 1.54) is 18.6 Å². The quantitative estimate of drug-likeness (QED) is 0.180. The molecule has 1 aromatic carbocycles. The van der Waals surface area contributed by atoms with Crippen molar-refractivity contribution in [3.05, 3.63) is 60.2 Å². The Labute approximate surface area is 325 Å². The van der Waals surface area contributed by atoms with Gasteiger partial charge in [-0.05, 0) is 68.8 Å². The molecule has 1 saturated heterocycles. The van der Waals surface area contributed by atoms with Crippen LogP contribution in [0, 0.1) is 17.8 Å². The van der Waals surface area contributed by atoms with Gasteiger partial charge in [0.1, 0.15) is 23.8 Å². The fraction of sp³-hybridized carbons (Fsp3) is 0.619. The van der Waals surface area contributed by atoms with Crippen molar-refractivity contribution < 1.29 is 28.8 Å². The maximum Gasteiger partial charge on any atom is 0.290 e. The van der Waals surface area contributed by atoms with Crippen molar-refractivity contribution in [2.75, 3.05) is 6.54 Å². The number of amides is 5. The fourth-order valence-corrected chi connectivity index (χ4v) is 8.72. The summed E-state index contributed by atoms with van der Waals surface area (Å²) in [6, 6.07) is 5.23. The van der Waals surface area contributed by atoms with Gasteiger partial charge in [-0.25, -0.2) is 4.98 Å². The van der Waals surface area contributed by atoms with E-state index in [9.17, 15) is 28.8 Å². The third kappa shape index (κ3) is 10.8. The number of aromatic nitrogens is 2. The highest BCUT2D eigenvalue weighted by atomic mass is 16.2. The van der Waals surface area contributed by atoms with E-state index in [1.807, 2.05) is 44.2 Å². The maximum absolute atomic E-state index is 14.8. The van der Waals surface area contributed by atoms with Crippen molar-refractivity contribution in [3.8, 4) is 0 Å². The molecule has 298 valence electrons. The molecule has 1 aromatic heterocycles. The van der Waals surface area contributed by atoms with E-state index in [4.69, 9.17) is 0 Å². The van der Waals surface area contributed by atoms with Crippen LogP contribution in [0.5, 0.6) is 0 Å². The van der Waals surface area contributed by atoms with Crippen LogP contribution < -0.4 is 21.3 Å². The van der Waals surface area contributed by atoms with Gasteiger partial charge in [-0.15, -0.1) is 0 Å². The van der Waals surface area contributed by atoms with E-state index >= 15 is 0 Å². The van der Waals surface area contributed by atoms with E-state index in [0.29, 0.717) is 25.8 Å². The lowest BCUT2D eigenvalue weighted by molar-refractivity contribution is -0.145. The fourth-order valence-electron chi connectivity index (χ4n) is 8.72. The molecule has 3 fully saturated rings. The first-order valence-corrected chi connectivity index (χ1v) is 20.5. The summed E-state index contributed by atoms with van der Waals surface area (Å²) in [5, 5.41) is 11.7. The molecule has 0 bridgehead atoms. The van der Waals surface area contributed by atoms with Gasteiger partial charge in [0.25, 0.3) is 11.8 Å². The molecule has 13 nitrogen and oxygen atoms in total. The van der Waals surface area contributed by atoms with Gasteiger partial charge < -0.3 is 26.2 Å². The average Bonchev–Trinajstić information content (AvgIpc) is 3.67. The highest BCUT2D eigenvalue weighted by Crippen LogP contribution is 2.33. The zero-order valence-electron chi connectivity index (χ0n) is 32.6. The van der Waals surface area contributed by atoms with Gasteiger partial charge in [-0.2, -0.15) is 0 Å². The van der Waals surface area contributed by atoms with Gasteiger partial charge in [0, 0.05) is 18.9 Å². The first-order chi connectivity index (χ1) is 26.6. The van der Waals surface area contributed by atoms with Crippen LogP contribution in [0.2, 0.25) is 0 Å². The molecule has 13 heteroatoms. The standard InChI is InChI=1S/C42H59N7O6/c1-4-15-32(37(50)41(54)45-27(3)29-16-9-6-10-17-29)46-40(53)36-28(5-2)22-25-49(36)42(55)35(31-20-13-8-14-21-31)48-39(52)34(30-18-11-7-12-19-30)47-38(51)33-26-43-23-24-44-33/h6,9-10,16-17,23-24,26-28,30-32,34-36H,4-5,7-8,11-15,18-22,25H2,1-3H3,(H,45,54)(H,46,53)(H,47,51)(H,48,52)/t27-,28-,32?,34-,35-,36-/m0/s1. The lowest BCUT2D eigenvalue weighted by Gasteiger charge is -2.37. The first kappa shape index (κ1) is 41.5. The number of rotatable bonds is 16. The van der Waals surface area contributed by atoms with Crippen LogP contribution in [0.1, 0.15) is 133 Å². The number of hydrogen-bond donors (Lipinski definition) is 4. The molecule has 2 saturated carbocycles. The summed E-state index contributed by atoms with van der Waals surface area (Å²) in [4.78, 5) is 93.1. The first-order valence-electron chi connectivity index (χ1n) is 20.5. The second kappa shape index (κ2) is 20.3. The molecule has 1 unspecified atom stereocenters. The van der Waals surface area contributed by atoms with E-state index in [0.717, 1.165) is 69.8 Å². The van der Waals surface area contributed by atoms with E-state index in [1.54, 1.807) is 11.8 Å². The normalized spacial score (nSPS) is 21.4. The third-order valence-corrected chi connectivity index (χ3v) is 11.9. The molecular formula is C42H59N7O6.